The third-order valence-electron chi connectivity index (χ3n) is 5.68. The summed E-state index contributed by atoms with van der Waals surface area (Å²) in [6, 6.07) is 8.36. The van der Waals surface area contributed by atoms with Gasteiger partial charge in [0.25, 0.3) is 17.7 Å². The van der Waals surface area contributed by atoms with Crippen LogP contribution < -0.4 is 33.2 Å². The summed E-state index contributed by atoms with van der Waals surface area (Å²) in [7, 11) is 0. The third kappa shape index (κ3) is 8.35. The van der Waals surface area contributed by atoms with Crippen LogP contribution in [-0.4, -0.2) is 58.7 Å². The molecule has 208 valence electrons. The van der Waals surface area contributed by atoms with Crippen molar-refractivity contribution in [1.82, 2.24) is 20.2 Å². The average molecular weight is 537 g/mol. The van der Waals surface area contributed by atoms with Crippen LogP contribution in [0.2, 0.25) is 0 Å². The number of carbonyl (C=O) groups excluding carboxylic acids is 3. The molecule has 0 radical (unpaired) electrons. The van der Waals surface area contributed by atoms with Gasteiger partial charge >= 0.3 is 0 Å². The minimum Gasteiger partial charge on any atom is -0.388 e. The summed E-state index contributed by atoms with van der Waals surface area (Å²) < 4.78 is 1.81. The van der Waals surface area contributed by atoms with Gasteiger partial charge in [0.2, 0.25) is 0 Å². The standard InChI is InChI=1S/C26H36N10O3/c1-15(2)13-36-14-18(12-21(36)25(39)31-7-3-4-22(27)28)34-24(38)20-11-17-10-16(5-6-19(17)35-20)23(37)32-8-9-33-26(29)30/h5-6,10-12,14-15,35H,3-4,7-9,13H2,1-2H3,(H3,27,28)(H,31,39)(H,32,37)(H,34,38)(H4,29,30,33). The lowest BCUT2D eigenvalue weighted by Gasteiger charge is -2.11. The summed E-state index contributed by atoms with van der Waals surface area (Å²) in [5, 5.41) is 16.4. The maximum absolute atomic E-state index is 13.0. The molecule has 39 heavy (non-hydrogen) atoms. The first kappa shape index (κ1) is 28.8. The number of nitrogens with zero attached hydrogens (tertiary/aromatic N) is 2. The zero-order valence-electron chi connectivity index (χ0n) is 22.1. The Bertz CT molecular complexity index is 1380. The summed E-state index contributed by atoms with van der Waals surface area (Å²) in [5.41, 5.74) is 18.3. The van der Waals surface area contributed by atoms with Crippen LogP contribution in [0.4, 0.5) is 5.69 Å². The number of hydrogen-bond acceptors (Lipinski definition) is 5. The van der Waals surface area contributed by atoms with Crippen LogP contribution in [-0.2, 0) is 6.54 Å². The summed E-state index contributed by atoms with van der Waals surface area (Å²) in [6.45, 7) is 5.61. The van der Waals surface area contributed by atoms with Gasteiger partial charge < -0.3 is 42.7 Å². The first-order valence-electron chi connectivity index (χ1n) is 12.6. The number of H-pyrrole nitrogens is 1. The normalized spacial score (nSPS) is 10.8. The van der Waals surface area contributed by atoms with Crippen molar-refractivity contribution in [3.05, 3.63) is 53.5 Å². The van der Waals surface area contributed by atoms with Gasteiger partial charge in [-0.3, -0.25) is 24.8 Å². The van der Waals surface area contributed by atoms with Crippen LogP contribution >= 0.6 is 0 Å². The van der Waals surface area contributed by atoms with E-state index in [1.807, 2.05) is 18.4 Å². The number of fused-ring (bicyclic) bond motifs is 1. The quantitative estimate of drug-likeness (QED) is 0.0913. The zero-order valence-corrected chi connectivity index (χ0v) is 22.1. The largest absolute Gasteiger partial charge is 0.388 e. The first-order chi connectivity index (χ1) is 18.5. The van der Waals surface area contributed by atoms with Gasteiger partial charge in [0.05, 0.1) is 18.1 Å². The summed E-state index contributed by atoms with van der Waals surface area (Å²) in [6.07, 6.45) is 2.71. The number of amides is 3. The highest BCUT2D eigenvalue weighted by molar-refractivity contribution is 6.07. The molecule has 3 rings (SSSR count). The lowest BCUT2D eigenvalue weighted by molar-refractivity contribution is 0.0939. The maximum Gasteiger partial charge on any atom is 0.272 e. The lowest BCUT2D eigenvalue weighted by atomic mass is 10.1. The van der Waals surface area contributed by atoms with Crippen molar-refractivity contribution in [3.8, 4) is 0 Å². The minimum atomic E-state index is -0.385. The predicted molar refractivity (Wildman–Crippen MR) is 152 cm³/mol. The molecule has 3 aromatic rings. The number of hydrogen-bond donors (Lipinski definition) is 8. The lowest BCUT2D eigenvalue weighted by Crippen LogP contribution is -2.28. The molecular formula is C26H36N10O3. The average Bonchev–Trinajstić information content (AvgIpc) is 3.47. The van der Waals surface area contributed by atoms with E-state index in [2.05, 4.69) is 25.9 Å². The molecule has 2 heterocycles. The van der Waals surface area contributed by atoms with Gasteiger partial charge in [-0.25, -0.2) is 0 Å². The molecule has 0 atom stereocenters. The van der Waals surface area contributed by atoms with E-state index in [9.17, 15) is 14.4 Å². The number of amidine groups is 1. The van der Waals surface area contributed by atoms with Crippen LogP contribution in [0.5, 0.6) is 0 Å². The number of aromatic amines is 1. The van der Waals surface area contributed by atoms with Gasteiger partial charge in [0.15, 0.2) is 5.96 Å². The van der Waals surface area contributed by atoms with Crippen molar-refractivity contribution >= 4 is 46.1 Å². The van der Waals surface area contributed by atoms with Gasteiger partial charge in [-0.15, -0.1) is 0 Å². The van der Waals surface area contributed by atoms with E-state index in [0.717, 1.165) is 0 Å². The second-order valence-corrected chi connectivity index (χ2v) is 9.55. The molecule has 0 spiro atoms. The Morgan fingerprint density at radius 2 is 1.77 bits per heavy atom. The minimum absolute atomic E-state index is 0.0408. The van der Waals surface area contributed by atoms with E-state index in [-0.39, 0.29) is 48.5 Å². The van der Waals surface area contributed by atoms with Gasteiger partial charge in [0.1, 0.15) is 11.4 Å². The molecule has 0 saturated carbocycles. The van der Waals surface area contributed by atoms with E-state index < -0.39 is 0 Å². The molecule has 0 fully saturated rings. The SMILES string of the molecule is CC(C)Cn1cc(NC(=O)c2cc3cc(C(=O)NCCN=C(N)N)ccc3[nH]2)cc1C(=O)NCCCC(=N)N. The fourth-order valence-electron chi connectivity index (χ4n) is 3.94. The molecular weight excluding hydrogens is 500 g/mol. The van der Waals surface area contributed by atoms with Crippen LogP contribution in [0.1, 0.15) is 58.0 Å². The second-order valence-electron chi connectivity index (χ2n) is 9.55. The van der Waals surface area contributed by atoms with E-state index in [1.165, 1.54) is 0 Å². The second kappa shape index (κ2) is 13.1. The highest BCUT2D eigenvalue weighted by Crippen LogP contribution is 2.20. The summed E-state index contributed by atoms with van der Waals surface area (Å²) in [4.78, 5) is 45.1. The third-order valence-corrected chi connectivity index (χ3v) is 5.68. The van der Waals surface area contributed by atoms with Crippen molar-refractivity contribution in [3.63, 3.8) is 0 Å². The summed E-state index contributed by atoms with van der Waals surface area (Å²) >= 11 is 0. The Morgan fingerprint density at radius 3 is 2.46 bits per heavy atom. The van der Waals surface area contributed by atoms with E-state index >= 15 is 0 Å². The van der Waals surface area contributed by atoms with Crippen molar-refractivity contribution in [2.24, 2.45) is 28.1 Å². The van der Waals surface area contributed by atoms with Gasteiger partial charge in [-0.05, 0) is 42.7 Å². The van der Waals surface area contributed by atoms with E-state index in [1.54, 1.807) is 36.5 Å². The van der Waals surface area contributed by atoms with E-state index in [0.29, 0.717) is 59.5 Å². The first-order valence-corrected chi connectivity index (χ1v) is 12.6. The number of guanidine groups is 1. The number of anilines is 1. The fraction of sp³-hybridized carbons (Fsp3) is 0.346. The molecule has 2 aromatic heterocycles. The Morgan fingerprint density at radius 1 is 1.03 bits per heavy atom. The molecule has 11 N–H and O–H groups in total. The Balaban J connectivity index is 1.70. The highest BCUT2D eigenvalue weighted by atomic mass is 16.2. The number of benzene rings is 1. The molecule has 0 aliphatic heterocycles. The Labute approximate surface area is 226 Å². The van der Waals surface area contributed by atoms with Crippen LogP contribution in [0.25, 0.3) is 10.9 Å². The smallest absolute Gasteiger partial charge is 0.272 e. The molecule has 0 bridgehead atoms. The monoisotopic (exact) mass is 536 g/mol. The van der Waals surface area contributed by atoms with Gasteiger partial charge in [0, 0.05) is 48.7 Å². The molecule has 0 unspecified atom stereocenters. The van der Waals surface area contributed by atoms with E-state index in [4.69, 9.17) is 22.6 Å². The number of rotatable bonds is 13. The molecule has 0 saturated heterocycles. The van der Waals surface area contributed by atoms with Gasteiger partial charge in [-0.2, -0.15) is 0 Å². The number of aromatic nitrogens is 2. The molecule has 1 aromatic carbocycles. The highest BCUT2D eigenvalue weighted by Gasteiger charge is 2.18. The molecule has 13 nitrogen and oxygen atoms in total. The topological polar surface area (TPSA) is 222 Å². The van der Waals surface area contributed by atoms with Crippen LogP contribution in [0.3, 0.4) is 0 Å². The maximum atomic E-state index is 13.0. The Hall–Kier alpha value is -4.81. The zero-order chi connectivity index (χ0) is 28.5. The van der Waals surface area contributed by atoms with Crippen LogP contribution in [0.15, 0.2) is 41.5 Å². The molecule has 13 heteroatoms. The van der Waals surface area contributed by atoms with Crippen molar-refractivity contribution < 1.29 is 14.4 Å². The van der Waals surface area contributed by atoms with Crippen LogP contribution in [0, 0.1) is 11.3 Å². The number of nitrogens with one attached hydrogen (secondary N) is 5. The van der Waals surface area contributed by atoms with Crippen molar-refractivity contribution in [1.29, 1.82) is 5.41 Å². The molecule has 0 aliphatic rings. The predicted octanol–water partition coefficient (Wildman–Crippen LogP) is 1.33. The fourth-order valence-corrected chi connectivity index (χ4v) is 3.94. The number of nitrogens with two attached hydrogens (primary N) is 3. The Kier molecular flexibility index (Phi) is 9.68. The summed E-state index contributed by atoms with van der Waals surface area (Å²) in [5.74, 6) is -0.626. The molecule has 3 amide bonds. The molecule has 0 aliphatic carbocycles. The number of carbonyl (C=O) groups is 3. The van der Waals surface area contributed by atoms with Crippen molar-refractivity contribution in [2.75, 3.05) is 25.0 Å². The van der Waals surface area contributed by atoms with Gasteiger partial charge in [-0.1, -0.05) is 13.8 Å². The van der Waals surface area contributed by atoms with Crippen molar-refractivity contribution in [2.45, 2.75) is 33.2 Å². The number of aliphatic imine (C=N–C) groups is 1.